The molecule has 138 valence electrons. The summed E-state index contributed by atoms with van der Waals surface area (Å²) in [6.07, 6.45) is 9.29. The van der Waals surface area contributed by atoms with E-state index in [-0.39, 0.29) is 12.5 Å². The zero-order chi connectivity index (χ0) is 18.2. The fraction of sp³-hybridized carbons (Fsp3) is 0.444. The summed E-state index contributed by atoms with van der Waals surface area (Å²) in [5.41, 5.74) is 0.997. The third-order valence-corrected chi connectivity index (χ3v) is 4.21. The fourth-order valence-electron chi connectivity index (χ4n) is 2.81. The minimum absolute atomic E-state index is 0.124. The molecule has 0 unspecified atom stereocenters. The normalized spacial score (nSPS) is 14.5. The van der Waals surface area contributed by atoms with E-state index in [9.17, 15) is 4.79 Å². The van der Waals surface area contributed by atoms with Crippen LogP contribution in [0, 0.1) is 0 Å². The molecule has 0 saturated carbocycles. The molecule has 3 rings (SSSR count). The number of aliphatic imine (C=N–C) groups is 1. The van der Waals surface area contributed by atoms with E-state index in [1.807, 2.05) is 34.7 Å². The Morgan fingerprint density at radius 2 is 2.12 bits per heavy atom. The van der Waals surface area contributed by atoms with Gasteiger partial charge in [-0.1, -0.05) is 6.07 Å². The molecule has 0 aromatic carbocycles. The molecule has 0 bridgehead atoms. The van der Waals surface area contributed by atoms with E-state index in [2.05, 4.69) is 25.6 Å². The largest absolute Gasteiger partial charge is 0.357 e. The number of hydrogen-bond acceptors (Lipinski definition) is 4. The van der Waals surface area contributed by atoms with Crippen molar-refractivity contribution in [2.75, 3.05) is 26.2 Å². The lowest BCUT2D eigenvalue weighted by atomic mass is 10.3. The van der Waals surface area contributed by atoms with E-state index < -0.39 is 0 Å². The first-order chi connectivity index (χ1) is 12.8. The van der Waals surface area contributed by atoms with Gasteiger partial charge in [0, 0.05) is 38.2 Å². The summed E-state index contributed by atoms with van der Waals surface area (Å²) >= 11 is 0. The van der Waals surface area contributed by atoms with E-state index in [0.717, 1.165) is 43.9 Å². The van der Waals surface area contributed by atoms with E-state index in [4.69, 9.17) is 0 Å². The van der Waals surface area contributed by atoms with Crippen molar-refractivity contribution in [1.29, 1.82) is 0 Å². The molecule has 0 radical (unpaired) electrons. The van der Waals surface area contributed by atoms with Gasteiger partial charge in [-0.15, -0.1) is 0 Å². The van der Waals surface area contributed by atoms with Gasteiger partial charge in [0.15, 0.2) is 5.96 Å². The first kappa shape index (κ1) is 17.9. The highest BCUT2D eigenvalue weighted by molar-refractivity contribution is 5.86. The molecule has 26 heavy (non-hydrogen) atoms. The molecule has 0 atom stereocenters. The number of carbonyl (C=O) groups is 1. The molecule has 0 spiro atoms. The molecule has 2 aromatic heterocycles. The summed E-state index contributed by atoms with van der Waals surface area (Å²) < 4.78 is 1.85. The molecule has 2 N–H and O–H groups in total. The molecule has 8 heteroatoms. The number of carbonyl (C=O) groups excluding carboxylic acids is 1. The molecule has 1 fully saturated rings. The maximum Gasteiger partial charge on any atom is 0.241 e. The molecule has 3 heterocycles. The van der Waals surface area contributed by atoms with Crippen LogP contribution in [0.5, 0.6) is 0 Å². The number of nitrogens with zero attached hydrogens (tertiary/aromatic N) is 5. The Kier molecular flexibility index (Phi) is 6.19. The number of pyridine rings is 1. The second-order valence-corrected chi connectivity index (χ2v) is 6.13. The number of nitrogens with one attached hydrogen (secondary N) is 2. The van der Waals surface area contributed by atoms with Crippen molar-refractivity contribution >= 4 is 11.9 Å². The van der Waals surface area contributed by atoms with Crippen LogP contribution >= 0.6 is 0 Å². The van der Waals surface area contributed by atoms with E-state index in [1.165, 1.54) is 0 Å². The maximum absolute atomic E-state index is 12.1. The zero-order valence-electron chi connectivity index (χ0n) is 15.1. The molecule has 1 amide bonds. The molecule has 0 aliphatic carbocycles. The number of rotatable bonds is 6. The number of guanidine groups is 1. The average molecular weight is 355 g/mol. The highest BCUT2D eigenvalue weighted by Crippen LogP contribution is 2.07. The summed E-state index contributed by atoms with van der Waals surface area (Å²) in [5.74, 6) is 1.58. The molecular formula is C18H25N7O. The van der Waals surface area contributed by atoms with Crippen molar-refractivity contribution in [3.05, 3.63) is 42.6 Å². The molecule has 1 aliphatic rings. The highest BCUT2D eigenvalue weighted by Gasteiger charge is 2.17. The van der Waals surface area contributed by atoms with Crippen LogP contribution in [-0.4, -0.2) is 57.5 Å². The van der Waals surface area contributed by atoms with Gasteiger partial charge in [0.1, 0.15) is 12.1 Å². The van der Waals surface area contributed by atoms with Gasteiger partial charge in [0.25, 0.3) is 0 Å². The van der Waals surface area contributed by atoms with Gasteiger partial charge < -0.3 is 15.5 Å². The Hall–Kier alpha value is -2.90. The van der Waals surface area contributed by atoms with Crippen LogP contribution in [0.1, 0.15) is 25.3 Å². The first-order valence-corrected chi connectivity index (χ1v) is 8.99. The molecule has 8 nitrogen and oxygen atoms in total. The standard InChI is InChI=1S/C18H25N7O/c1-2-20-18(23-13-17(26)24-8-3-4-9-24)22-12-15-5-6-16(21-11-15)25-10-7-19-14-25/h5-7,10-11,14H,2-4,8-9,12-13H2,1H3,(H2,20,22,23). The third kappa shape index (κ3) is 4.81. The van der Waals surface area contributed by atoms with Crippen molar-refractivity contribution < 1.29 is 4.79 Å². The Labute approximate surface area is 153 Å². The van der Waals surface area contributed by atoms with Crippen LogP contribution in [-0.2, 0) is 11.3 Å². The fourth-order valence-corrected chi connectivity index (χ4v) is 2.81. The predicted molar refractivity (Wildman–Crippen MR) is 100.0 cm³/mol. The third-order valence-electron chi connectivity index (χ3n) is 4.21. The smallest absolute Gasteiger partial charge is 0.241 e. The SMILES string of the molecule is CCNC(=NCc1ccc(-n2ccnc2)nc1)NCC(=O)N1CCCC1. The monoisotopic (exact) mass is 355 g/mol. The predicted octanol–water partition coefficient (Wildman–Crippen LogP) is 0.945. The van der Waals surface area contributed by atoms with Gasteiger partial charge in [0.2, 0.25) is 5.91 Å². The van der Waals surface area contributed by atoms with Crippen molar-refractivity contribution in [2.24, 2.45) is 4.99 Å². The lowest BCUT2D eigenvalue weighted by Crippen LogP contribution is -2.44. The molecule has 1 saturated heterocycles. The van der Waals surface area contributed by atoms with Crippen LogP contribution in [0.4, 0.5) is 0 Å². The van der Waals surface area contributed by atoms with Gasteiger partial charge in [0.05, 0.1) is 13.1 Å². The number of hydrogen-bond donors (Lipinski definition) is 2. The summed E-state index contributed by atoms with van der Waals surface area (Å²) in [6.45, 7) is 5.23. The lowest BCUT2D eigenvalue weighted by molar-refractivity contribution is -0.128. The Bertz CT molecular complexity index is 719. The van der Waals surface area contributed by atoms with Gasteiger partial charge >= 0.3 is 0 Å². The van der Waals surface area contributed by atoms with Crippen molar-refractivity contribution in [2.45, 2.75) is 26.3 Å². The van der Waals surface area contributed by atoms with Gasteiger partial charge in [-0.3, -0.25) is 9.36 Å². The second-order valence-electron chi connectivity index (χ2n) is 6.13. The Morgan fingerprint density at radius 3 is 2.77 bits per heavy atom. The zero-order valence-corrected chi connectivity index (χ0v) is 15.1. The number of imidazole rings is 1. The van der Waals surface area contributed by atoms with Crippen LogP contribution in [0.3, 0.4) is 0 Å². The Balaban J connectivity index is 1.55. The second kappa shape index (κ2) is 8.98. The molecule has 2 aromatic rings. The van der Waals surface area contributed by atoms with Crippen molar-refractivity contribution in [1.82, 2.24) is 30.1 Å². The summed E-state index contributed by atoms with van der Waals surface area (Å²) in [5, 5.41) is 6.28. The topological polar surface area (TPSA) is 87.4 Å². The van der Waals surface area contributed by atoms with E-state index in [0.29, 0.717) is 12.5 Å². The average Bonchev–Trinajstić information content (AvgIpc) is 3.38. The number of likely N-dealkylation sites (tertiary alicyclic amines) is 1. The Morgan fingerprint density at radius 1 is 1.27 bits per heavy atom. The highest BCUT2D eigenvalue weighted by atomic mass is 16.2. The van der Waals surface area contributed by atoms with Crippen LogP contribution in [0.2, 0.25) is 0 Å². The van der Waals surface area contributed by atoms with E-state index in [1.54, 1.807) is 18.7 Å². The number of aromatic nitrogens is 3. The summed E-state index contributed by atoms with van der Waals surface area (Å²) in [7, 11) is 0. The lowest BCUT2D eigenvalue weighted by Gasteiger charge is -2.17. The molecular weight excluding hydrogens is 330 g/mol. The van der Waals surface area contributed by atoms with Crippen molar-refractivity contribution in [3.63, 3.8) is 0 Å². The molecule has 1 aliphatic heterocycles. The van der Waals surface area contributed by atoms with Gasteiger partial charge in [-0.2, -0.15) is 0 Å². The number of amides is 1. The maximum atomic E-state index is 12.1. The van der Waals surface area contributed by atoms with Crippen LogP contribution < -0.4 is 10.6 Å². The van der Waals surface area contributed by atoms with Gasteiger partial charge in [-0.05, 0) is 31.4 Å². The van der Waals surface area contributed by atoms with E-state index >= 15 is 0 Å². The quantitative estimate of drug-likeness (QED) is 0.595. The first-order valence-electron chi connectivity index (χ1n) is 8.99. The van der Waals surface area contributed by atoms with Crippen LogP contribution in [0.15, 0.2) is 42.0 Å². The minimum Gasteiger partial charge on any atom is -0.357 e. The minimum atomic E-state index is 0.124. The van der Waals surface area contributed by atoms with Crippen LogP contribution in [0.25, 0.3) is 5.82 Å². The summed E-state index contributed by atoms with van der Waals surface area (Å²) in [4.78, 5) is 27.0. The van der Waals surface area contributed by atoms with Crippen molar-refractivity contribution in [3.8, 4) is 5.82 Å². The summed E-state index contributed by atoms with van der Waals surface area (Å²) in [6, 6.07) is 3.93. The van der Waals surface area contributed by atoms with Gasteiger partial charge in [-0.25, -0.2) is 15.0 Å².